The molecule has 0 aliphatic carbocycles. The first-order chi connectivity index (χ1) is 12.0. The standard InChI is InChI=1S/C18H22FN5O/c1-12-15(9-20-24(12)16-6-4-3-5-14(16)19)21-18(25)23-10-13-7-8-22(2)17(13)11-23/h3-6,9,13,17H,7-8,10-11H2,1-2H3,(H,21,25)/t13-,17+/m1/s1. The molecule has 7 heteroatoms. The van der Waals surface area contributed by atoms with E-state index in [2.05, 4.69) is 22.4 Å². The Kier molecular flexibility index (Phi) is 3.95. The maximum atomic E-state index is 14.0. The summed E-state index contributed by atoms with van der Waals surface area (Å²) in [7, 11) is 2.12. The number of anilines is 1. The molecule has 2 aliphatic heterocycles. The average molecular weight is 343 g/mol. The highest BCUT2D eigenvalue weighted by atomic mass is 19.1. The van der Waals surface area contributed by atoms with Gasteiger partial charge in [0.25, 0.3) is 0 Å². The van der Waals surface area contributed by atoms with Crippen LogP contribution in [0.2, 0.25) is 0 Å². The summed E-state index contributed by atoms with van der Waals surface area (Å²) in [6.07, 6.45) is 2.72. The lowest BCUT2D eigenvalue weighted by atomic mass is 10.1. The lowest BCUT2D eigenvalue weighted by Gasteiger charge is -2.21. The van der Waals surface area contributed by atoms with Gasteiger partial charge in [-0.05, 0) is 45.0 Å². The van der Waals surface area contributed by atoms with Crippen molar-refractivity contribution in [2.75, 3.05) is 32.0 Å². The number of hydrogen-bond donors (Lipinski definition) is 1. The van der Waals surface area contributed by atoms with Crippen molar-refractivity contribution in [2.24, 2.45) is 5.92 Å². The molecule has 0 spiro atoms. The summed E-state index contributed by atoms with van der Waals surface area (Å²) in [5.41, 5.74) is 1.69. The SMILES string of the molecule is Cc1c(NC(=O)N2C[C@H]3CCN(C)[C@H]3C2)cnn1-c1ccccc1F. The Labute approximate surface area is 146 Å². The minimum atomic E-state index is -0.345. The van der Waals surface area contributed by atoms with E-state index in [-0.39, 0.29) is 11.8 Å². The molecule has 2 amide bonds. The summed E-state index contributed by atoms with van der Waals surface area (Å²) in [6.45, 7) is 4.48. The van der Waals surface area contributed by atoms with E-state index in [0.717, 1.165) is 26.1 Å². The Hall–Kier alpha value is -2.41. The van der Waals surface area contributed by atoms with E-state index in [9.17, 15) is 9.18 Å². The van der Waals surface area contributed by atoms with Crippen LogP contribution in [0.5, 0.6) is 0 Å². The van der Waals surface area contributed by atoms with Crippen LogP contribution in [0.4, 0.5) is 14.9 Å². The predicted octanol–water partition coefficient (Wildman–Crippen LogP) is 2.49. The monoisotopic (exact) mass is 343 g/mol. The van der Waals surface area contributed by atoms with Crippen LogP contribution in [0.15, 0.2) is 30.5 Å². The lowest BCUT2D eigenvalue weighted by molar-refractivity contribution is 0.213. The molecule has 1 aromatic carbocycles. The molecule has 0 radical (unpaired) electrons. The van der Waals surface area contributed by atoms with E-state index < -0.39 is 0 Å². The highest BCUT2D eigenvalue weighted by Crippen LogP contribution is 2.30. The van der Waals surface area contributed by atoms with E-state index in [1.165, 1.54) is 10.7 Å². The third kappa shape index (κ3) is 2.78. The van der Waals surface area contributed by atoms with Gasteiger partial charge in [-0.3, -0.25) is 0 Å². The zero-order valence-electron chi connectivity index (χ0n) is 14.4. The molecular formula is C18H22FN5O. The second-order valence-electron chi connectivity index (χ2n) is 6.94. The molecule has 2 saturated heterocycles. The van der Waals surface area contributed by atoms with Gasteiger partial charge in [0.05, 0.1) is 17.6 Å². The number of fused-ring (bicyclic) bond motifs is 1. The maximum Gasteiger partial charge on any atom is 0.322 e. The molecule has 4 rings (SSSR count). The van der Waals surface area contributed by atoms with Crippen LogP contribution in [-0.4, -0.2) is 58.3 Å². The molecule has 1 aromatic heterocycles. The minimum Gasteiger partial charge on any atom is -0.323 e. The van der Waals surface area contributed by atoms with Crippen LogP contribution < -0.4 is 5.32 Å². The van der Waals surface area contributed by atoms with Crippen LogP contribution in [0.3, 0.4) is 0 Å². The number of benzene rings is 1. The molecule has 2 aromatic rings. The van der Waals surface area contributed by atoms with Gasteiger partial charge in [0, 0.05) is 19.1 Å². The highest BCUT2D eigenvalue weighted by molar-refractivity contribution is 5.90. The van der Waals surface area contributed by atoms with Gasteiger partial charge in [0.15, 0.2) is 0 Å². The number of para-hydroxylation sites is 1. The molecule has 25 heavy (non-hydrogen) atoms. The Bertz CT molecular complexity index is 805. The normalized spacial score (nSPS) is 23.1. The first kappa shape index (κ1) is 16.1. The fraction of sp³-hybridized carbons (Fsp3) is 0.444. The van der Waals surface area contributed by atoms with Gasteiger partial charge in [-0.25, -0.2) is 13.9 Å². The number of aromatic nitrogens is 2. The zero-order valence-corrected chi connectivity index (χ0v) is 14.4. The first-order valence-electron chi connectivity index (χ1n) is 8.60. The molecule has 0 unspecified atom stereocenters. The van der Waals surface area contributed by atoms with Crippen molar-refractivity contribution < 1.29 is 9.18 Å². The van der Waals surface area contributed by atoms with E-state index in [4.69, 9.17) is 0 Å². The number of likely N-dealkylation sites (tertiary alicyclic amines) is 2. The second-order valence-corrected chi connectivity index (χ2v) is 6.94. The van der Waals surface area contributed by atoms with Gasteiger partial charge in [0.2, 0.25) is 0 Å². The van der Waals surface area contributed by atoms with E-state index in [0.29, 0.717) is 29.0 Å². The summed E-state index contributed by atoms with van der Waals surface area (Å²) < 4.78 is 15.5. The summed E-state index contributed by atoms with van der Waals surface area (Å²) in [5, 5.41) is 7.16. The second kappa shape index (κ2) is 6.15. The van der Waals surface area contributed by atoms with Crippen molar-refractivity contribution in [2.45, 2.75) is 19.4 Å². The van der Waals surface area contributed by atoms with Gasteiger partial charge in [-0.2, -0.15) is 5.10 Å². The molecule has 0 bridgehead atoms. The Morgan fingerprint density at radius 3 is 2.88 bits per heavy atom. The number of halogens is 1. The number of hydrogen-bond acceptors (Lipinski definition) is 3. The molecule has 2 aliphatic rings. The Balaban J connectivity index is 1.49. The van der Waals surface area contributed by atoms with Crippen LogP contribution in [0.25, 0.3) is 5.69 Å². The fourth-order valence-corrected chi connectivity index (χ4v) is 3.93. The maximum absolute atomic E-state index is 14.0. The molecule has 2 atom stereocenters. The Morgan fingerprint density at radius 2 is 2.12 bits per heavy atom. The number of carbonyl (C=O) groups excluding carboxylic acids is 1. The quantitative estimate of drug-likeness (QED) is 0.911. The van der Waals surface area contributed by atoms with Crippen LogP contribution in [0, 0.1) is 18.7 Å². The van der Waals surface area contributed by atoms with E-state index in [1.807, 2.05) is 11.8 Å². The summed E-state index contributed by atoms with van der Waals surface area (Å²) in [5.74, 6) is 0.222. The first-order valence-corrected chi connectivity index (χ1v) is 8.60. The molecule has 6 nitrogen and oxygen atoms in total. The van der Waals surface area contributed by atoms with Crippen LogP contribution in [-0.2, 0) is 0 Å². The summed E-state index contributed by atoms with van der Waals surface area (Å²) in [4.78, 5) is 16.8. The van der Waals surface area contributed by atoms with Crippen LogP contribution in [0.1, 0.15) is 12.1 Å². The van der Waals surface area contributed by atoms with Crippen molar-refractivity contribution in [3.05, 3.63) is 42.0 Å². The van der Waals surface area contributed by atoms with E-state index in [1.54, 1.807) is 24.4 Å². The molecule has 0 saturated carbocycles. The zero-order chi connectivity index (χ0) is 17.6. The number of amides is 2. The third-order valence-corrected chi connectivity index (χ3v) is 5.44. The number of rotatable bonds is 2. The highest BCUT2D eigenvalue weighted by Gasteiger charge is 2.41. The van der Waals surface area contributed by atoms with Crippen molar-refractivity contribution in [3.8, 4) is 5.69 Å². The van der Waals surface area contributed by atoms with Crippen molar-refractivity contribution in [1.29, 1.82) is 0 Å². The van der Waals surface area contributed by atoms with Gasteiger partial charge in [-0.15, -0.1) is 0 Å². The fourth-order valence-electron chi connectivity index (χ4n) is 3.93. The van der Waals surface area contributed by atoms with Crippen molar-refractivity contribution >= 4 is 11.7 Å². The third-order valence-electron chi connectivity index (χ3n) is 5.44. The van der Waals surface area contributed by atoms with Crippen LogP contribution >= 0.6 is 0 Å². The van der Waals surface area contributed by atoms with Crippen molar-refractivity contribution in [3.63, 3.8) is 0 Å². The number of nitrogens with zero attached hydrogens (tertiary/aromatic N) is 4. The number of carbonyl (C=O) groups is 1. The number of nitrogens with one attached hydrogen (secondary N) is 1. The summed E-state index contributed by atoms with van der Waals surface area (Å²) in [6, 6.07) is 6.82. The van der Waals surface area contributed by atoms with Gasteiger partial charge < -0.3 is 15.1 Å². The number of urea groups is 1. The lowest BCUT2D eigenvalue weighted by Crippen LogP contribution is -2.37. The minimum absolute atomic E-state index is 0.112. The smallest absolute Gasteiger partial charge is 0.322 e. The molecule has 2 fully saturated rings. The van der Waals surface area contributed by atoms with E-state index >= 15 is 0 Å². The largest absolute Gasteiger partial charge is 0.323 e. The van der Waals surface area contributed by atoms with Gasteiger partial charge in [0.1, 0.15) is 11.5 Å². The topological polar surface area (TPSA) is 53.4 Å². The Morgan fingerprint density at radius 1 is 1.32 bits per heavy atom. The molecule has 3 heterocycles. The molecule has 1 N–H and O–H groups in total. The average Bonchev–Trinajstić information content (AvgIpc) is 3.26. The molecule has 132 valence electrons. The van der Waals surface area contributed by atoms with Crippen molar-refractivity contribution in [1.82, 2.24) is 19.6 Å². The van der Waals surface area contributed by atoms with Gasteiger partial charge in [-0.1, -0.05) is 12.1 Å². The number of likely N-dealkylation sites (N-methyl/N-ethyl adjacent to an activating group) is 1. The predicted molar refractivity (Wildman–Crippen MR) is 93.4 cm³/mol. The molecular weight excluding hydrogens is 321 g/mol. The summed E-state index contributed by atoms with van der Waals surface area (Å²) >= 11 is 0. The van der Waals surface area contributed by atoms with Gasteiger partial charge >= 0.3 is 6.03 Å².